The lowest BCUT2D eigenvalue weighted by Crippen LogP contribution is -2.12. The van der Waals surface area contributed by atoms with Crippen LogP contribution in [0.2, 0.25) is 0 Å². The van der Waals surface area contributed by atoms with E-state index in [1.165, 1.54) is 45.3 Å². The van der Waals surface area contributed by atoms with Crippen molar-refractivity contribution in [2.24, 2.45) is 0 Å². The van der Waals surface area contributed by atoms with Gasteiger partial charge in [-0.3, -0.25) is 20.2 Å². The molecule has 0 aliphatic heterocycles. The second kappa shape index (κ2) is 7.29. The number of non-ortho nitro benzene ring substituents is 1. The molecule has 28 heavy (non-hydrogen) atoms. The van der Waals surface area contributed by atoms with E-state index in [-0.39, 0.29) is 11.4 Å². The van der Waals surface area contributed by atoms with Crippen molar-refractivity contribution in [3.63, 3.8) is 0 Å². The van der Waals surface area contributed by atoms with Crippen LogP contribution in [-0.2, 0) is 0 Å². The van der Waals surface area contributed by atoms with E-state index in [0.717, 1.165) is 10.6 Å². The summed E-state index contributed by atoms with van der Waals surface area (Å²) in [6.07, 6.45) is 1.41. The maximum atomic E-state index is 12.4. The van der Waals surface area contributed by atoms with Crippen molar-refractivity contribution in [3.8, 4) is 16.3 Å². The van der Waals surface area contributed by atoms with Crippen molar-refractivity contribution in [1.29, 1.82) is 0 Å². The lowest BCUT2D eigenvalue weighted by atomic mass is 10.3. The predicted octanol–water partition coefficient (Wildman–Crippen LogP) is 3.92. The molecule has 3 heterocycles. The molecule has 4 aromatic rings. The summed E-state index contributed by atoms with van der Waals surface area (Å²) in [5.41, 5.74) is 1.25. The molecule has 0 spiro atoms. The minimum Gasteiger partial charge on any atom is -0.296 e. The number of benzene rings is 1. The normalized spacial score (nSPS) is 10.8. The Kier molecular flexibility index (Phi) is 4.67. The summed E-state index contributed by atoms with van der Waals surface area (Å²) in [6, 6.07) is 9.92. The number of nitro groups is 1. The number of hydrogen-bond donors (Lipinski definition) is 1. The molecule has 0 radical (unpaired) electrons. The van der Waals surface area contributed by atoms with E-state index in [2.05, 4.69) is 20.6 Å². The number of nitrogens with zero attached hydrogens (tertiary/aromatic N) is 5. The van der Waals surface area contributed by atoms with Gasteiger partial charge in [0.25, 0.3) is 11.6 Å². The predicted molar refractivity (Wildman–Crippen MR) is 106 cm³/mol. The number of aromatic nitrogens is 4. The van der Waals surface area contributed by atoms with Crippen LogP contribution in [-0.4, -0.2) is 30.8 Å². The number of anilines is 1. The molecule has 0 bridgehead atoms. The van der Waals surface area contributed by atoms with Gasteiger partial charge in [0.2, 0.25) is 0 Å². The summed E-state index contributed by atoms with van der Waals surface area (Å²) < 4.78 is 1.31. The van der Waals surface area contributed by atoms with Gasteiger partial charge >= 0.3 is 0 Å². The minimum atomic E-state index is -0.497. The Morgan fingerprint density at radius 3 is 2.89 bits per heavy atom. The summed E-state index contributed by atoms with van der Waals surface area (Å²) in [7, 11) is 0. The van der Waals surface area contributed by atoms with E-state index >= 15 is 0 Å². The number of carbonyl (C=O) groups excluding carboxylic acids is 1. The Balaban J connectivity index is 1.50. The largest absolute Gasteiger partial charge is 0.296 e. The lowest BCUT2D eigenvalue weighted by molar-refractivity contribution is -0.384. The highest BCUT2D eigenvalue weighted by molar-refractivity contribution is 7.17. The second-order valence-electron chi connectivity index (χ2n) is 5.73. The molecule has 1 aromatic carbocycles. The number of rotatable bonds is 5. The molecule has 0 unspecified atom stereocenters. The lowest BCUT2D eigenvalue weighted by Gasteiger charge is -1.99. The highest BCUT2D eigenvalue weighted by atomic mass is 32.1. The number of aryl methyl sites for hydroxylation is 1. The van der Waals surface area contributed by atoms with E-state index in [9.17, 15) is 14.9 Å². The molecule has 0 fully saturated rings. The summed E-state index contributed by atoms with van der Waals surface area (Å²) in [4.78, 5) is 29.5. The van der Waals surface area contributed by atoms with E-state index in [4.69, 9.17) is 0 Å². The van der Waals surface area contributed by atoms with Crippen LogP contribution in [0.1, 0.15) is 15.4 Å². The topological polar surface area (TPSA) is 116 Å². The van der Waals surface area contributed by atoms with E-state index in [1.54, 1.807) is 17.4 Å². The van der Waals surface area contributed by atoms with E-state index < -0.39 is 10.8 Å². The van der Waals surface area contributed by atoms with Gasteiger partial charge in [-0.05, 0) is 25.1 Å². The van der Waals surface area contributed by atoms with Gasteiger partial charge in [0, 0.05) is 22.4 Å². The van der Waals surface area contributed by atoms with Crippen molar-refractivity contribution in [3.05, 3.63) is 68.7 Å². The van der Waals surface area contributed by atoms with Crippen molar-refractivity contribution >= 4 is 39.4 Å². The van der Waals surface area contributed by atoms with Crippen molar-refractivity contribution in [2.45, 2.75) is 6.92 Å². The first-order valence-corrected chi connectivity index (χ1v) is 9.70. The van der Waals surface area contributed by atoms with Crippen LogP contribution in [0.5, 0.6) is 0 Å². The van der Waals surface area contributed by atoms with Gasteiger partial charge in [-0.15, -0.1) is 27.8 Å². The monoisotopic (exact) mass is 412 g/mol. The second-order valence-corrected chi connectivity index (χ2v) is 7.87. The van der Waals surface area contributed by atoms with Crippen LogP contribution in [0, 0.1) is 17.0 Å². The fourth-order valence-corrected chi connectivity index (χ4v) is 4.03. The quantitative estimate of drug-likeness (QED) is 0.392. The number of carbonyl (C=O) groups is 1. The summed E-state index contributed by atoms with van der Waals surface area (Å²) >= 11 is 2.95. The molecule has 0 atom stereocenters. The zero-order valence-electron chi connectivity index (χ0n) is 14.4. The van der Waals surface area contributed by atoms with Gasteiger partial charge in [0.15, 0.2) is 10.8 Å². The van der Waals surface area contributed by atoms with Crippen molar-refractivity contribution < 1.29 is 9.72 Å². The summed E-state index contributed by atoms with van der Waals surface area (Å²) in [6.45, 7) is 2.02. The first-order chi connectivity index (χ1) is 13.5. The average Bonchev–Trinajstić information content (AvgIpc) is 3.42. The molecule has 0 saturated carbocycles. The van der Waals surface area contributed by atoms with Gasteiger partial charge in [-0.25, -0.2) is 9.67 Å². The van der Waals surface area contributed by atoms with E-state index in [0.29, 0.717) is 10.8 Å². The number of hydrogen-bond acceptors (Lipinski definition) is 8. The fraction of sp³-hybridized carbons (Fsp3) is 0.0588. The Morgan fingerprint density at radius 2 is 2.14 bits per heavy atom. The zero-order chi connectivity index (χ0) is 19.7. The smallest absolute Gasteiger partial charge is 0.279 e. The first-order valence-electron chi connectivity index (χ1n) is 8.00. The van der Waals surface area contributed by atoms with Crippen LogP contribution in [0.15, 0.2) is 48.0 Å². The van der Waals surface area contributed by atoms with Crippen LogP contribution in [0.25, 0.3) is 16.3 Å². The highest BCUT2D eigenvalue weighted by Gasteiger charge is 2.15. The standard InChI is InChI=1S/C17H12N6O3S2/c1-10-5-6-15(28-10)14-9-27-17(18-14)19-16(24)13-8-22(21-20-13)11-3-2-4-12(7-11)23(25)26/h2-9H,1H3,(H,18,19,24). The van der Waals surface area contributed by atoms with Gasteiger partial charge in [0.1, 0.15) is 0 Å². The Labute approximate surface area is 166 Å². The van der Waals surface area contributed by atoms with Crippen molar-refractivity contribution in [2.75, 3.05) is 5.32 Å². The zero-order valence-corrected chi connectivity index (χ0v) is 16.0. The van der Waals surface area contributed by atoms with Gasteiger partial charge in [0.05, 0.1) is 27.4 Å². The van der Waals surface area contributed by atoms with E-state index in [1.807, 2.05) is 24.4 Å². The molecule has 4 rings (SSSR count). The molecular weight excluding hydrogens is 400 g/mol. The molecule has 0 saturated heterocycles. The number of thiazole rings is 1. The molecule has 3 aromatic heterocycles. The third-order valence-corrected chi connectivity index (χ3v) is 5.53. The summed E-state index contributed by atoms with van der Waals surface area (Å²) in [5, 5.41) is 23.6. The molecule has 0 aliphatic carbocycles. The SMILES string of the molecule is Cc1ccc(-c2csc(NC(=O)c3cn(-c4cccc([N+](=O)[O-])c4)nn3)n2)s1. The third-order valence-electron chi connectivity index (χ3n) is 3.75. The van der Waals surface area contributed by atoms with Gasteiger partial charge in [-0.2, -0.15) is 0 Å². The van der Waals surface area contributed by atoms with Crippen LogP contribution in [0.4, 0.5) is 10.8 Å². The molecule has 9 nitrogen and oxygen atoms in total. The maximum absolute atomic E-state index is 12.4. The number of nitro benzene ring substituents is 1. The number of amides is 1. The van der Waals surface area contributed by atoms with Crippen molar-refractivity contribution in [1.82, 2.24) is 20.0 Å². The molecule has 0 aliphatic rings. The molecule has 1 N–H and O–H groups in total. The Hall–Kier alpha value is -3.44. The minimum absolute atomic E-state index is 0.0712. The average molecular weight is 412 g/mol. The fourth-order valence-electron chi connectivity index (χ4n) is 2.42. The maximum Gasteiger partial charge on any atom is 0.279 e. The van der Waals surface area contributed by atoms with Crippen LogP contribution < -0.4 is 5.32 Å². The van der Waals surface area contributed by atoms with Crippen LogP contribution in [0.3, 0.4) is 0 Å². The first kappa shape index (κ1) is 17.9. The molecule has 140 valence electrons. The molecular formula is C17H12N6O3S2. The number of thiophene rings is 1. The van der Waals surface area contributed by atoms with Gasteiger partial charge in [-0.1, -0.05) is 11.3 Å². The van der Waals surface area contributed by atoms with Gasteiger partial charge < -0.3 is 0 Å². The molecule has 1 amide bonds. The Morgan fingerprint density at radius 1 is 1.29 bits per heavy atom. The third kappa shape index (κ3) is 3.66. The number of nitrogens with one attached hydrogen (secondary N) is 1. The molecule has 11 heteroatoms. The van der Waals surface area contributed by atoms with Crippen LogP contribution >= 0.6 is 22.7 Å². The highest BCUT2D eigenvalue weighted by Crippen LogP contribution is 2.30. The Bertz CT molecular complexity index is 1180. The summed E-state index contributed by atoms with van der Waals surface area (Å²) in [5.74, 6) is -0.458.